The van der Waals surface area contributed by atoms with Gasteiger partial charge in [0.1, 0.15) is 0 Å². The van der Waals surface area contributed by atoms with E-state index in [1.807, 2.05) is 14.0 Å². The molecule has 7 nitrogen and oxygen atoms in total. The molecule has 1 aromatic rings. The number of H-pyrrole nitrogens is 1. The van der Waals surface area contributed by atoms with E-state index >= 15 is 0 Å². The molecule has 8 heteroatoms. The van der Waals surface area contributed by atoms with Gasteiger partial charge in [-0.05, 0) is 39.8 Å². The van der Waals surface area contributed by atoms with Gasteiger partial charge in [-0.2, -0.15) is 5.10 Å². The molecule has 0 amide bonds. The van der Waals surface area contributed by atoms with Gasteiger partial charge >= 0.3 is 0 Å². The number of sulfonamides is 1. The predicted molar refractivity (Wildman–Crippen MR) is 79.4 cm³/mol. The summed E-state index contributed by atoms with van der Waals surface area (Å²) < 4.78 is 27.9. The van der Waals surface area contributed by atoms with E-state index in [-0.39, 0.29) is 11.1 Å². The first-order valence-electron chi connectivity index (χ1n) is 7.44. The van der Waals surface area contributed by atoms with E-state index in [1.165, 1.54) is 12.8 Å². The van der Waals surface area contributed by atoms with Crippen LogP contribution in [0.1, 0.15) is 30.5 Å². The lowest BCUT2D eigenvalue weighted by atomic mass is 10.2. The standard InChI is InChI=1S/C13H23N5O2S/c1-9-12(7-14-10-3-4-10)13(16-15-9)21(19,20)17-11-5-6-18(2)8-11/h10-11,14,17H,3-8H2,1-2H3,(H,15,16). The van der Waals surface area contributed by atoms with Crippen LogP contribution >= 0.6 is 0 Å². The number of hydrogen-bond donors (Lipinski definition) is 3. The SMILES string of the molecule is Cc1[nH]nc(S(=O)(=O)NC2CCN(C)C2)c1CNC1CC1. The van der Waals surface area contributed by atoms with Crippen LogP contribution in [0.5, 0.6) is 0 Å². The number of nitrogens with zero attached hydrogens (tertiary/aromatic N) is 2. The molecule has 0 spiro atoms. The maximum absolute atomic E-state index is 12.5. The lowest BCUT2D eigenvalue weighted by Crippen LogP contribution is -2.37. The molecule has 1 saturated heterocycles. The van der Waals surface area contributed by atoms with Gasteiger partial charge in [0.15, 0.2) is 5.03 Å². The molecular formula is C13H23N5O2S. The van der Waals surface area contributed by atoms with Crippen molar-refractivity contribution >= 4 is 10.0 Å². The van der Waals surface area contributed by atoms with Gasteiger partial charge in [-0.25, -0.2) is 13.1 Å². The highest BCUT2D eigenvalue weighted by Crippen LogP contribution is 2.22. The van der Waals surface area contributed by atoms with Crippen LogP contribution in [0.15, 0.2) is 5.03 Å². The molecule has 2 aliphatic rings. The third kappa shape index (κ3) is 3.45. The molecule has 1 aliphatic heterocycles. The average Bonchev–Trinajstić information content (AvgIpc) is 3.04. The van der Waals surface area contributed by atoms with Crippen molar-refractivity contribution in [3.8, 4) is 0 Å². The number of rotatable bonds is 6. The topological polar surface area (TPSA) is 90.1 Å². The smallest absolute Gasteiger partial charge is 0.260 e. The molecule has 1 aliphatic carbocycles. The first kappa shape index (κ1) is 15.0. The Kier molecular flexibility index (Phi) is 4.04. The van der Waals surface area contributed by atoms with Crippen LogP contribution < -0.4 is 10.0 Å². The number of aromatic nitrogens is 2. The average molecular weight is 313 g/mol. The summed E-state index contributed by atoms with van der Waals surface area (Å²) in [4.78, 5) is 2.12. The number of aryl methyl sites for hydroxylation is 1. The minimum absolute atomic E-state index is 0.0266. The summed E-state index contributed by atoms with van der Waals surface area (Å²) in [6, 6.07) is 0.507. The Morgan fingerprint density at radius 2 is 2.10 bits per heavy atom. The van der Waals surface area contributed by atoms with Gasteiger partial charge in [-0.15, -0.1) is 0 Å². The predicted octanol–water partition coefficient (Wildman–Crippen LogP) is -0.0475. The zero-order valence-corrected chi connectivity index (χ0v) is 13.3. The van der Waals surface area contributed by atoms with Crippen LogP contribution in [0, 0.1) is 6.92 Å². The second-order valence-electron chi connectivity index (χ2n) is 6.16. The molecule has 3 rings (SSSR count). The van der Waals surface area contributed by atoms with E-state index in [1.54, 1.807) is 0 Å². The van der Waals surface area contributed by atoms with Crippen molar-refractivity contribution in [2.24, 2.45) is 0 Å². The summed E-state index contributed by atoms with van der Waals surface area (Å²) in [6.45, 7) is 4.08. The fraction of sp³-hybridized carbons (Fsp3) is 0.769. The van der Waals surface area contributed by atoms with Crippen LogP contribution in [-0.2, 0) is 16.6 Å². The van der Waals surface area contributed by atoms with Crippen molar-refractivity contribution in [2.75, 3.05) is 20.1 Å². The maximum Gasteiger partial charge on any atom is 0.260 e. The second-order valence-corrected chi connectivity index (χ2v) is 7.79. The monoisotopic (exact) mass is 313 g/mol. The molecule has 1 saturated carbocycles. The lowest BCUT2D eigenvalue weighted by molar-refractivity contribution is 0.407. The fourth-order valence-electron chi connectivity index (χ4n) is 2.70. The van der Waals surface area contributed by atoms with Crippen LogP contribution in [-0.4, -0.2) is 55.7 Å². The second kappa shape index (κ2) is 5.68. The van der Waals surface area contributed by atoms with Crippen molar-refractivity contribution in [2.45, 2.75) is 49.8 Å². The zero-order valence-electron chi connectivity index (χ0n) is 12.5. The van der Waals surface area contributed by atoms with Crippen LogP contribution in [0.25, 0.3) is 0 Å². The van der Waals surface area contributed by atoms with Gasteiger partial charge in [0, 0.05) is 36.4 Å². The van der Waals surface area contributed by atoms with Crippen LogP contribution in [0.4, 0.5) is 0 Å². The van der Waals surface area contributed by atoms with E-state index in [4.69, 9.17) is 0 Å². The molecule has 0 radical (unpaired) electrons. The Labute approximate surface area is 125 Å². The largest absolute Gasteiger partial charge is 0.310 e. The quantitative estimate of drug-likeness (QED) is 0.685. The molecule has 21 heavy (non-hydrogen) atoms. The molecule has 0 aromatic carbocycles. The van der Waals surface area contributed by atoms with E-state index < -0.39 is 10.0 Å². The van der Waals surface area contributed by atoms with Gasteiger partial charge in [0.2, 0.25) is 0 Å². The summed E-state index contributed by atoms with van der Waals surface area (Å²) in [6.07, 6.45) is 3.19. The third-order valence-electron chi connectivity index (χ3n) is 4.15. The Morgan fingerprint density at radius 3 is 2.71 bits per heavy atom. The molecule has 1 unspecified atom stereocenters. The van der Waals surface area contributed by atoms with Crippen LogP contribution in [0.2, 0.25) is 0 Å². The summed E-state index contributed by atoms with van der Waals surface area (Å²) in [5.74, 6) is 0. The Hall–Kier alpha value is -0.960. The highest BCUT2D eigenvalue weighted by molar-refractivity contribution is 7.89. The summed E-state index contributed by atoms with van der Waals surface area (Å²) in [7, 11) is -1.57. The Morgan fingerprint density at radius 1 is 1.33 bits per heavy atom. The van der Waals surface area contributed by atoms with E-state index in [0.29, 0.717) is 12.6 Å². The summed E-state index contributed by atoms with van der Waals surface area (Å²) >= 11 is 0. The van der Waals surface area contributed by atoms with E-state index in [0.717, 1.165) is 30.8 Å². The summed E-state index contributed by atoms with van der Waals surface area (Å²) in [5, 5.41) is 10.3. The Balaban J connectivity index is 1.74. The molecule has 118 valence electrons. The minimum Gasteiger partial charge on any atom is -0.310 e. The normalized spacial score (nSPS) is 23.8. The van der Waals surface area contributed by atoms with E-state index in [9.17, 15) is 8.42 Å². The van der Waals surface area contributed by atoms with Crippen molar-refractivity contribution in [3.05, 3.63) is 11.3 Å². The minimum atomic E-state index is -3.56. The maximum atomic E-state index is 12.5. The highest BCUT2D eigenvalue weighted by Gasteiger charge is 2.30. The molecule has 1 aromatic heterocycles. The lowest BCUT2D eigenvalue weighted by Gasteiger charge is -2.13. The van der Waals surface area contributed by atoms with Crippen molar-refractivity contribution in [3.63, 3.8) is 0 Å². The molecule has 2 heterocycles. The molecule has 1 atom stereocenters. The first-order chi connectivity index (χ1) is 9.95. The number of aromatic amines is 1. The number of hydrogen-bond acceptors (Lipinski definition) is 5. The Bertz CT molecular complexity index is 608. The van der Waals surface area contributed by atoms with Gasteiger partial charge < -0.3 is 10.2 Å². The number of likely N-dealkylation sites (tertiary alicyclic amines) is 1. The third-order valence-corrected chi connectivity index (χ3v) is 5.64. The van der Waals surface area contributed by atoms with Gasteiger partial charge in [-0.1, -0.05) is 0 Å². The van der Waals surface area contributed by atoms with Gasteiger partial charge in [-0.3, -0.25) is 5.10 Å². The van der Waals surface area contributed by atoms with Crippen molar-refractivity contribution < 1.29 is 8.42 Å². The van der Waals surface area contributed by atoms with Gasteiger partial charge in [0.25, 0.3) is 10.0 Å². The van der Waals surface area contributed by atoms with Crippen molar-refractivity contribution in [1.82, 2.24) is 25.1 Å². The number of nitrogens with one attached hydrogen (secondary N) is 3. The van der Waals surface area contributed by atoms with Crippen molar-refractivity contribution in [1.29, 1.82) is 0 Å². The van der Waals surface area contributed by atoms with E-state index in [2.05, 4.69) is 25.1 Å². The van der Waals surface area contributed by atoms with Crippen LogP contribution in [0.3, 0.4) is 0 Å². The molecule has 2 fully saturated rings. The molecule has 3 N–H and O–H groups in total. The fourth-order valence-corrected chi connectivity index (χ4v) is 4.16. The highest BCUT2D eigenvalue weighted by atomic mass is 32.2. The summed E-state index contributed by atoms with van der Waals surface area (Å²) in [5.41, 5.74) is 1.56. The zero-order chi connectivity index (χ0) is 15.0. The molecular weight excluding hydrogens is 290 g/mol. The number of likely N-dealkylation sites (N-methyl/N-ethyl adjacent to an activating group) is 1. The molecule has 0 bridgehead atoms. The first-order valence-corrected chi connectivity index (χ1v) is 8.92. The van der Waals surface area contributed by atoms with Gasteiger partial charge in [0.05, 0.1) is 0 Å².